The molecule has 0 aliphatic heterocycles. The van der Waals surface area contributed by atoms with Crippen molar-refractivity contribution in [1.29, 1.82) is 0 Å². The van der Waals surface area contributed by atoms with Crippen molar-refractivity contribution in [3.05, 3.63) is 48.7 Å². The fraction of sp³-hybridized carbons (Fsp3) is 0. The summed E-state index contributed by atoms with van der Waals surface area (Å²) in [6.07, 6.45) is 0.774. The monoisotopic (exact) mass is 220 g/mol. The Labute approximate surface area is 91.3 Å². The second-order valence-corrected chi connectivity index (χ2v) is 2.61. The number of hydrogen-bond donors (Lipinski definition) is 0. The van der Waals surface area contributed by atoms with E-state index in [1.54, 1.807) is 18.2 Å². The Bertz CT molecular complexity index is 421. The van der Waals surface area contributed by atoms with Gasteiger partial charge in [0, 0.05) is 0 Å². The number of hydrogen-bond acceptors (Lipinski definition) is 5. The van der Waals surface area contributed by atoms with Gasteiger partial charge in [0.25, 0.3) is 0 Å². The van der Waals surface area contributed by atoms with E-state index in [4.69, 9.17) is 0 Å². The fourth-order valence-electron chi connectivity index (χ4n) is 0.883. The van der Waals surface area contributed by atoms with Gasteiger partial charge in [0.05, 0.1) is 11.8 Å². The highest BCUT2D eigenvalue weighted by molar-refractivity contribution is 6.32. The van der Waals surface area contributed by atoms with E-state index in [1.807, 2.05) is 0 Å². The predicted molar refractivity (Wildman–Crippen MR) is 53.2 cm³/mol. The van der Waals surface area contributed by atoms with Crippen LogP contribution in [-0.2, 0) is 19.1 Å². The van der Waals surface area contributed by atoms with Crippen LogP contribution >= 0.6 is 0 Å². The molecule has 0 aromatic heterocycles. The molecule has 0 saturated carbocycles. The molecular formula is C11H8O5. The van der Waals surface area contributed by atoms with Crippen LogP contribution in [0.3, 0.4) is 0 Å². The average Bonchev–Trinajstić information content (AvgIpc) is 2.30. The lowest BCUT2D eigenvalue weighted by atomic mass is 10.2. The molecule has 0 aliphatic rings. The van der Waals surface area contributed by atoms with Crippen LogP contribution in [0.1, 0.15) is 10.4 Å². The zero-order chi connectivity index (χ0) is 12.0. The summed E-state index contributed by atoms with van der Waals surface area (Å²) >= 11 is 0. The van der Waals surface area contributed by atoms with Crippen LogP contribution in [0.5, 0.6) is 0 Å². The van der Waals surface area contributed by atoms with Gasteiger partial charge in [-0.15, -0.1) is 0 Å². The van der Waals surface area contributed by atoms with E-state index >= 15 is 0 Å². The zero-order valence-electron chi connectivity index (χ0n) is 8.21. The molecule has 0 fully saturated rings. The minimum absolute atomic E-state index is 0.169. The van der Waals surface area contributed by atoms with Crippen molar-refractivity contribution in [2.45, 2.75) is 0 Å². The van der Waals surface area contributed by atoms with Gasteiger partial charge in [0.2, 0.25) is 0 Å². The molecule has 0 bridgehead atoms. The van der Waals surface area contributed by atoms with Crippen LogP contribution in [0.4, 0.5) is 0 Å². The van der Waals surface area contributed by atoms with E-state index in [1.165, 1.54) is 12.1 Å². The Kier molecular flexibility index (Phi) is 3.97. The molecule has 0 aliphatic carbocycles. The Morgan fingerprint density at radius 2 is 1.69 bits per heavy atom. The van der Waals surface area contributed by atoms with Crippen LogP contribution in [0.25, 0.3) is 0 Å². The van der Waals surface area contributed by atoms with Gasteiger partial charge in [-0.1, -0.05) is 24.8 Å². The van der Waals surface area contributed by atoms with Gasteiger partial charge in [-0.3, -0.25) is 0 Å². The van der Waals surface area contributed by atoms with Crippen molar-refractivity contribution in [3.8, 4) is 0 Å². The third-order valence-corrected chi connectivity index (χ3v) is 1.55. The Balaban J connectivity index is 2.62. The molecular weight excluding hydrogens is 212 g/mol. The van der Waals surface area contributed by atoms with E-state index in [2.05, 4.69) is 16.1 Å². The van der Waals surface area contributed by atoms with E-state index in [0.29, 0.717) is 0 Å². The maximum atomic E-state index is 11.3. The summed E-state index contributed by atoms with van der Waals surface area (Å²) < 4.78 is 8.39. The molecule has 0 unspecified atom stereocenters. The molecule has 0 amide bonds. The lowest BCUT2D eigenvalue weighted by molar-refractivity contribution is -0.160. The minimum Gasteiger partial charge on any atom is -0.427 e. The first-order valence-electron chi connectivity index (χ1n) is 4.28. The fourth-order valence-corrected chi connectivity index (χ4v) is 0.883. The molecule has 0 spiro atoms. The van der Waals surface area contributed by atoms with Gasteiger partial charge in [-0.05, 0) is 12.1 Å². The lowest BCUT2D eigenvalue weighted by Crippen LogP contribution is -2.22. The van der Waals surface area contributed by atoms with Gasteiger partial charge in [-0.2, -0.15) is 0 Å². The summed E-state index contributed by atoms with van der Waals surface area (Å²) in [5, 5.41) is 0. The molecule has 0 atom stereocenters. The first kappa shape index (κ1) is 11.6. The van der Waals surface area contributed by atoms with Gasteiger partial charge in [-0.25, -0.2) is 14.4 Å². The molecule has 1 aromatic carbocycles. The third kappa shape index (κ3) is 3.06. The molecule has 16 heavy (non-hydrogen) atoms. The molecule has 1 rings (SSSR count). The number of carbonyl (C=O) groups is 3. The number of ether oxygens (including phenoxy) is 2. The first-order valence-corrected chi connectivity index (χ1v) is 4.28. The largest absolute Gasteiger partial charge is 0.427 e. The highest BCUT2D eigenvalue weighted by atomic mass is 16.6. The lowest BCUT2D eigenvalue weighted by Gasteiger charge is -2.00. The third-order valence-electron chi connectivity index (χ3n) is 1.55. The molecule has 5 heteroatoms. The van der Waals surface area contributed by atoms with E-state index in [0.717, 1.165) is 6.26 Å². The molecule has 1 aromatic rings. The second kappa shape index (κ2) is 5.45. The summed E-state index contributed by atoms with van der Waals surface area (Å²) in [6, 6.07) is 7.81. The second-order valence-electron chi connectivity index (χ2n) is 2.61. The highest BCUT2D eigenvalue weighted by Gasteiger charge is 2.21. The standard InChI is InChI=1S/C11H8O5/c1-2-15-10(13)11(14)16-9(12)8-6-4-3-5-7-8/h2-7H,1H2. The normalized spacial score (nSPS) is 9.00. The van der Waals surface area contributed by atoms with Crippen molar-refractivity contribution in [3.63, 3.8) is 0 Å². The topological polar surface area (TPSA) is 69.7 Å². The van der Waals surface area contributed by atoms with Crippen molar-refractivity contribution >= 4 is 17.9 Å². The number of carbonyl (C=O) groups excluding carboxylic acids is 3. The quantitative estimate of drug-likeness (QED) is 0.322. The van der Waals surface area contributed by atoms with Crippen LogP contribution in [-0.4, -0.2) is 17.9 Å². The van der Waals surface area contributed by atoms with Gasteiger partial charge < -0.3 is 9.47 Å². The Morgan fingerprint density at radius 1 is 1.06 bits per heavy atom. The van der Waals surface area contributed by atoms with E-state index < -0.39 is 17.9 Å². The number of esters is 3. The van der Waals surface area contributed by atoms with Crippen LogP contribution in [0.15, 0.2) is 43.2 Å². The van der Waals surface area contributed by atoms with Gasteiger partial charge >= 0.3 is 17.9 Å². The smallest absolute Gasteiger partial charge is 0.425 e. The molecule has 0 heterocycles. The van der Waals surface area contributed by atoms with Crippen LogP contribution in [0, 0.1) is 0 Å². The molecule has 0 radical (unpaired) electrons. The number of rotatable bonds is 2. The summed E-state index contributed by atoms with van der Waals surface area (Å²) in [7, 11) is 0. The Morgan fingerprint density at radius 3 is 2.25 bits per heavy atom. The summed E-state index contributed by atoms with van der Waals surface area (Å²) in [5.41, 5.74) is 0.169. The molecule has 0 saturated heterocycles. The SMILES string of the molecule is C=COC(=O)C(=O)OC(=O)c1ccccc1. The van der Waals surface area contributed by atoms with Crippen molar-refractivity contribution < 1.29 is 23.9 Å². The van der Waals surface area contributed by atoms with Crippen LogP contribution in [0.2, 0.25) is 0 Å². The average molecular weight is 220 g/mol. The van der Waals surface area contributed by atoms with Crippen molar-refractivity contribution in [2.24, 2.45) is 0 Å². The summed E-state index contributed by atoms with van der Waals surface area (Å²) in [4.78, 5) is 33.0. The maximum absolute atomic E-state index is 11.3. The maximum Gasteiger partial charge on any atom is 0.425 e. The van der Waals surface area contributed by atoms with Gasteiger partial charge in [0.1, 0.15) is 0 Å². The van der Waals surface area contributed by atoms with E-state index in [9.17, 15) is 14.4 Å². The zero-order valence-corrected chi connectivity index (χ0v) is 8.21. The minimum atomic E-state index is -1.38. The molecule has 0 N–H and O–H groups in total. The summed E-state index contributed by atoms with van der Waals surface area (Å²) in [6.45, 7) is 3.08. The Hall–Kier alpha value is -2.43. The molecule has 82 valence electrons. The van der Waals surface area contributed by atoms with Crippen molar-refractivity contribution in [2.75, 3.05) is 0 Å². The highest BCUT2D eigenvalue weighted by Crippen LogP contribution is 2.01. The van der Waals surface area contributed by atoms with Crippen molar-refractivity contribution in [1.82, 2.24) is 0 Å². The predicted octanol–water partition coefficient (Wildman–Crippen LogP) is 1.06. The van der Waals surface area contributed by atoms with Crippen LogP contribution < -0.4 is 0 Å². The number of benzene rings is 1. The van der Waals surface area contributed by atoms with Gasteiger partial charge in [0.15, 0.2) is 0 Å². The first-order chi connectivity index (χ1) is 7.65. The summed E-state index contributed by atoms with van der Waals surface area (Å²) in [5.74, 6) is -3.58. The van der Waals surface area contributed by atoms with E-state index in [-0.39, 0.29) is 5.56 Å². The molecule has 5 nitrogen and oxygen atoms in total.